The minimum Gasteiger partial charge on any atom is -0.385 e. The first-order valence-corrected chi connectivity index (χ1v) is 6.25. The van der Waals surface area contributed by atoms with Crippen LogP contribution in [0.3, 0.4) is 0 Å². The number of nitrogens with one attached hydrogen (secondary N) is 1. The number of anilines is 1. The Morgan fingerprint density at radius 2 is 1.89 bits per heavy atom. The zero-order valence-electron chi connectivity index (χ0n) is 10.2. The number of halogens is 2. The predicted molar refractivity (Wildman–Crippen MR) is 74.8 cm³/mol. The summed E-state index contributed by atoms with van der Waals surface area (Å²) in [6, 6.07) is 13.9. The number of hydrogen-bond acceptors (Lipinski definition) is 2. The van der Waals surface area contributed by atoms with Crippen molar-refractivity contribution in [3.05, 3.63) is 64.4 Å². The topological polar surface area (TPSA) is 35.8 Å². The van der Waals surface area contributed by atoms with Crippen molar-refractivity contribution in [3.8, 4) is 6.07 Å². The van der Waals surface area contributed by atoms with Crippen LogP contribution in [0.4, 0.5) is 10.1 Å². The van der Waals surface area contributed by atoms with E-state index in [-0.39, 0.29) is 5.56 Å². The van der Waals surface area contributed by atoms with Crippen molar-refractivity contribution in [2.75, 3.05) is 11.9 Å². The molecule has 0 aromatic heterocycles. The van der Waals surface area contributed by atoms with E-state index in [9.17, 15) is 4.39 Å². The van der Waals surface area contributed by atoms with Gasteiger partial charge in [-0.25, -0.2) is 4.39 Å². The summed E-state index contributed by atoms with van der Waals surface area (Å²) in [5.41, 5.74) is 1.89. The monoisotopic (exact) mass is 274 g/mol. The Labute approximate surface area is 116 Å². The van der Waals surface area contributed by atoms with Gasteiger partial charge in [0, 0.05) is 17.3 Å². The summed E-state index contributed by atoms with van der Waals surface area (Å²) in [6.45, 7) is 0.687. The summed E-state index contributed by atoms with van der Waals surface area (Å²) in [5.74, 6) is -0.501. The van der Waals surface area contributed by atoms with Crippen molar-refractivity contribution >= 4 is 17.3 Å². The third kappa shape index (κ3) is 3.70. The second-order valence-electron chi connectivity index (χ2n) is 4.11. The molecule has 96 valence electrons. The number of hydrogen-bond donors (Lipinski definition) is 1. The molecule has 0 radical (unpaired) electrons. The van der Waals surface area contributed by atoms with Gasteiger partial charge in [0.2, 0.25) is 0 Å². The molecule has 0 aliphatic carbocycles. The fraction of sp³-hybridized carbons (Fsp3) is 0.133. The summed E-state index contributed by atoms with van der Waals surface area (Å²) >= 11 is 5.80. The second-order valence-corrected chi connectivity index (χ2v) is 4.55. The first kappa shape index (κ1) is 13.4. The van der Waals surface area contributed by atoms with Gasteiger partial charge in [-0.05, 0) is 42.3 Å². The van der Waals surface area contributed by atoms with E-state index in [0.29, 0.717) is 17.3 Å². The van der Waals surface area contributed by atoms with Crippen molar-refractivity contribution in [1.82, 2.24) is 0 Å². The fourth-order valence-electron chi connectivity index (χ4n) is 1.72. The average molecular weight is 275 g/mol. The largest absolute Gasteiger partial charge is 0.385 e. The molecule has 0 unspecified atom stereocenters. The van der Waals surface area contributed by atoms with Crippen LogP contribution in [0.5, 0.6) is 0 Å². The van der Waals surface area contributed by atoms with Crippen LogP contribution < -0.4 is 5.32 Å². The summed E-state index contributed by atoms with van der Waals surface area (Å²) in [6.07, 6.45) is 0.818. The Morgan fingerprint density at radius 3 is 2.53 bits per heavy atom. The molecule has 0 saturated carbocycles. The Morgan fingerprint density at radius 1 is 1.16 bits per heavy atom. The van der Waals surface area contributed by atoms with Gasteiger partial charge in [0.15, 0.2) is 0 Å². The van der Waals surface area contributed by atoms with Crippen molar-refractivity contribution in [1.29, 1.82) is 5.26 Å². The third-order valence-electron chi connectivity index (χ3n) is 2.75. The average Bonchev–Trinajstić information content (AvgIpc) is 2.41. The summed E-state index contributed by atoms with van der Waals surface area (Å²) in [4.78, 5) is 0. The lowest BCUT2D eigenvalue weighted by atomic mass is 10.1. The van der Waals surface area contributed by atoms with Gasteiger partial charge in [-0.1, -0.05) is 23.7 Å². The Bertz CT molecular complexity index is 603. The maximum absolute atomic E-state index is 13.4. The highest BCUT2D eigenvalue weighted by molar-refractivity contribution is 6.30. The molecule has 1 N–H and O–H groups in total. The summed E-state index contributed by atoms with van der Waals surface area (Å²) in [5, 5.41) is 12.5. The van der Waals surface area contributed by atoms with E-state index in [2.05, 4.69) is 5.32 Å². The highest BCUT2D eigenvalue weighted by Gasteiger charge is 2.02. The van der Waals surface area contributed by atoms with Gasteiger partial charge in [0.25, 0.3) is 0 Å². The van der Waals surface area contributed by atoms with Crippen molar-refractivity contribution in [2.45, 2.75) is 6.42 Å². The molecule has 0 saturated heterocycles. The van der Waals surface area contributed by atoms with Crippen LogP contribution in [0.2, 0.25) is 5.02 Å². The molecule has 0 aliphatic heterocycles. The zero-order valence-corrected chi connectivity index (χ0v) is 10.9. The van der Waals surface area contributed by atoms with Gasteiger partial charge in [0.1, 0.15) is 11.9 Å². The minimum absolute atomic E-state index is 0.0586. The highest BCUT2D eigenvalue weighted by Crippen LogP contribution is 2.14. The molecule has 0 heterocycles. The second kappa shape index (κ2) is 6.21. The van der Waals surface area contributed by atoms with Crippen molar-refractivity contribution in [2.24, 2.45) is 0 Å². The molecule has 0 atom stereocenters. The molecule has 2 aromatic rings. The maximum atomic E-state index is 13.4. The molecule has 0 amide bonds. The number of nitrogens with zero attached hydrogens (tertiary/aromatic N) is 1. The quantitative estimate of drug-likeness (QED) is 0.914. The van der Waals surface area contributed by atoms with Crippen LogP contribution in [0.15, 0.2) is 42.5 Å². The van der Waals surface area contributed by atoms with E-state index in [1.54, 1.807) is 12.1 Å². The molecule has 0 spiro atoms. The van der Waals surface area contributed by atoms with Crippen LogP contribution in [0.25, 0.3) is 0 Å². The smallest absolute Gasteiger partial charge is 0.143 e. The highest BCUT2D eigenvalue weighted by atomic mass is 35.5. The van der Waals surface area contributed by atoms with Gasteiger partial charge >= 0.3 is 0 Å². The molecule has 0 fully saturated rings. The van der Waals surface area contributed by atoms with E-state index >= 15 is 0 Å². The molecular weight excluding hydrogens is 263 g/mol. The molecule has 19 heavy (non-hydrogen) atoms. The molecule has 2 rings (SSSR count). The lowest BCUT2D eigenvalue weighted by Gasteiger charge is -2.07. The van der Waals surface area contributed by atoms with Crippen LogP contribution in [-0.2, 0) is 6.42 Å². The van der Waals surface area contributed by atoms with E-state index in [0.717, 1.165) is 12.0 Å². The lowest BCUT2D eigenvalue weighted by molar-refractivity contribution is 0.624. The number of benzene rings is 2. The van der Waals surface area contributed by atoms with E-state index in [4.69, 9.17) is 16.9 Å². The van der Waals surface area contributed by atoms with Crippen LogP contribution in [-0.4, -0.2) is 6.54 Å². The van der Waals surface area contributed by atoms with Gasteiger partial charge in [0.05, 0.1) is 5.56 Å². The van der Waals surface area contributed by atoms with E-state index < -0.39 is 5.82 Å². The van der Waals surface area contributed by atoms with Crippen LogP contribution in [0, 0.1) is 17.1 Å². The standard InChI is InChI=1S/C15H12ClFN2/c16-13-4-1-11(2-5-13)7-8-19-14-6-3-12(10-18)15(17)9-14/h1-6,9,19H,7-8H2. The van der Waals surface area contributed by atoms with E-state index in [1.165, 1.54) is 12.1 Å². The molecule has 0 aliphatic rings. The molecule has 4 heteroatoms. The Kier molecular flexibility index (Phi) is 4.38. The van der Waals surface area contributed by atoms with Gasteiger partial charge < -0.3 is 5.32 Å². The van der Waals surface area contributed by atoms with E-state index in [1.807, 2.05) is 24.3 Å². The predicted octanol–water partition coefficient (Wildman–Crippen LogP) is 4.01. The molecule has 2 nitrogen and oxygen atoms in total. The molecule has 0 bridgehead atoms. The summed E-state index contributed by atoms with van der Waals surface area (Å²) < 4.78 is 13.4. The van der Waals surface area contributed by atoms with Crippen molar-refractivity contribution in [3.63, 3.8) is 0 Å². The SMILES string of the molecule is N#Cc1ccc(NCCc2ccc(Cl)cc2)cc1F. The van der Waals surface area contributed by atoms with Crippen molar-refractivity contribution < 1.29 is 4.39 Å². The normalized spacial score (nSPS) is 9.95. The number of rotatable bonds is 4. The third-order valence-corrected chi connectivity index (χ3v) is 3.00. The molecule has 2 aromatic carbocycles. The van der Waals surface area contributed by atoms with Crippen LogP contribution in [0.1, 0.15) is 11.1 Å². The Hall–Kier alpha value is -2.05. The Balaban J connectivity index is 1.91. The number of nitriles is 1. The first-order valence-electron chi connectivity index (χ1n) is 5.87. The van der Waals surface area contributed by atoms with Gasteiger partial charge in [-0.2, -0.15) is 5.26 Å². The maximum Gasteiger partial charge on any atom is 0.143 e. The van der Waals surface area contributed by atoms with Crippen LogP contribution >= 0.6 is 11.6 Å². The first-order chi connectivity index (χ1) is 9.19. The molecular formula is C15H12ClFN2. The van der Waals surface area contributed by atoms with Gasteiger partial charge in [-0.3, -0.25) is 0 Å². The summed E-state index contributed by atoms with van der Waals surface area (Å²) in [7, 11) is 0. The lowest BCUT2D eigenvalue weighted by Crippen LogP contribution is -2.05. The fourth-order valence-corrected chi connectivity index (χ4v) is 1.84. The zero-order chi connectivity index (χ0) is 13.7. The minimum atomic E-state index is -0.501. The van der Waals surface area contributed by atoms with Gasteiger partial charge in [-0.15, -0.1) is 0 Å².